The summed E-state index contributed by atoms with van der Waals surface area (Å²) in [7, 11) is 0. The number of aryl methyl sites for hydroxylation is 1. The predicted octanol–water partition coefficient (Wildman–Crippen LogP) is 3.44. The minimum atomic E-state index is -0.965. The van der Waals surface area contributed by atoms with Crippen LogP contribution >= 0.6 is 15.9 Å². The standard InChI is InChI=1S/C11H11BrF2O2/c1-6-5-8(12)11(14)7(10(6)13)3-2-4-9(15)16/h5H,2-4H2,1H3,(H,15,16). The van der Waals surface area contributed by atoms with Gasteiger partial charge in [-0.15, -0.1) is 0 Å². The molecule has 1 aromatic rings. The normalized spacial score (nSPS) is 10.5. The fourth-order valence-corrected chi connectivity index (χ4v) is 2.01. The van der Waals surface area contributed by atoms with E-state index in [4.69, 9.17) is 5.11 Å². The second-order valence-corrected chi connectivity index (χ2v) is 4.38. The molecule has 0 fully saturated rings. The third-order valence-electron chi connectivity index (χ3n) is 2.25. The first kappa shape index (κ1) is 13.1. The molecule has 2 nitrogen and oxygen atoms in total. The zero-order chi connectivity index (χ0) is 12.3. The molecule has 1 rings (SSSR count). The van der Waals surface area contributed by atoms with Crippen molar-refractivity contribution in [1.29, 1.82) is 0 Å². The summed E-state index contributed by atoms with van der Waals surface area (Å²) in [6, 6.07) is 1.37. The van der Waals surface area contributed by atoms with E-state index in [0.29, 0.717) is 5.56 Å². The number of benzene rings is 1. The summed E-state index contributed by atoms with van der Waals surface area (Å²) in [4.78, 5) is 10.3. The Kier molecular flexibility index (Phi) is 4.41. The van der Waals surface area contributed by atoms with Gasteiger partial charge in [-0.25, -0.2) is 8.78 Å². The van der Waals surface area contributed by atoms with Crippen molar-refractivity contribution in [2.75, 3.05) is 0 Å². The van der Waals surface area contributed by atoms with Crippen LogP contribution in [0.3, 0.4) is 0 Å². The molecule has 0 aliphatic heterocycles. The number of carboxylic acid groups (broad SMARTS) is 1. The molecule has 0 saturated heterocycles. The monoisotopic (exact) mass is 292 g/mol. The minimum Gasteiger partial charge on any atom is -0.481 e. The average molecular weight is 293 g/mol. The second kappa shape index (κ2) is 5.39. The number of halogens is 3. The first-order valence-electron chi connectivity index (χ1n) is 4.78. The molecule has 0 spiro atoms. The zero-order valence-electron chi connectivity index (χ0n) is 8.69. The summed E-state index contributed by atoms with van der Waals surface area (Å²) in [5.74, 6) is -2.20. The highest BCUT2D eigenvalue weighted by molar-refractivity contribution is 9.10. The largest absolute Gasteiger partial charge is 0.481 e. The maximum absolute atomic E-state index is 13.6. The topological polar surface area (TPSA) is 37.3 Å². The Balaban J connectivity index is 2.90. The van der Waals surface area contributed by atoms with Gasteiger partial charge < -0.3 is 5.11 Å². The van der Waals surface area contributed by atoms with E-state index < -0.39 is 17.6 Å². The van der Waals surface area contributed by atoms with E-state index in [9.17, 15) is 13.6 Å². The SMILES string of the molecule is Cc1cc(Br)c(F)c(CCCC(=O)O)c1F. The average Bonchev–Trinajstić information content (AvgIpc) is 2.20. The van der Waals surface area contributed by atoms with Crippen LogP contribution in [0.5, 0.6) is 0 Å². The molecule has 0 unspecified atom stereocenters. The summed E-state index contributed by atoms with van der Waals surface area (Å²) in [5.41, 5.74) is 0.298. The van der Waals surface area contributed by atoms with Crippen LogP contribution in [0.1, 0.15) is 24.0 Å². The van der Waals surface area contributed by atoms with E-state index in [-0.39, 0.29) is 29.3 Å². The molecular formula is C11H11BrF2O2. The minimum absolute atomic E-state index is 0.0480. The molecule has 1 aromatic carbocycles. The van der Waals surface area contributed by atoms with Crippen molar-refractivity contribution in [3.8, 4) is 0 Å². The van der Waals surface area contributed by atoms with Gasteiger partial charge in [-0.05, 0) is 47.3 Å². The van der Waals surface area contributed by atoms with Gasteiger partial charge in [0, 0.05) is 12.0 Å². The molecule has 16 heavy (non-hydrogen) atoms. The number of carbonyl (C=O) groups is 1. The fourth-order valence-electron chi connectivity index (χ4n) is 1.43. The first-order valence-corrected chi connectivity index (χ1v) is 5.57. The molecule has 0 aromatic heterocycles. The predicted molar refractivity (Wildman–Crippen MR) is 59.4 cm³/mol. The van der Waals surface area contributed by atoms with Crippen LogP contribution in [0.2, 0.25) is 0 Å². The fraction of sp³-hybridized carbons (Fsp3) is 0.364. The second-order valence-electron chi connectivity index (χ2n) is 3.53. The Morgan fingerprint density at radius 1 is 1.44 bits per heavy atom. The van der Waals surface area contributed by atoms with Gasteiger partial charge in [0.15, 0.2) is 0 Å². The van der Waals surface area contributed by atoms with Crippen molar-refractivity contribution in [3.05, 3.63) is 33.3 Å². The van der Waals surface area contributed by atoms with Crippen molar-refractivity contribution in [2.45, 2.75) is 26.2 Å². The smallest absolute Gasteiger partial charge is 0.303 e. The van der Waals surface area contributed by atoms with E-state index >= 15 is 0 Å². The molecule has 0 saturated carbocycles. The Morgan fingerprint density at radius 3 is 2.62 bits per heavy atom. The number of carboxylic acids is 1. The Labute approximate surface area is 100 Å². The molecule has 88 valence electrons. The first-order chi connectivity index (χ1) is 7.43. The van der Waals surface area contributed by atoms with Crippen molar-refractivity contribution in [1.82, 2.24) is 0 Å². The van der Waals surface area contributed by atoms with Crippen LogP contribution in [-0.4, -0.2) is 11.1 Å². The molecule has 5 heteroatoms. The van der Waals surface area contributed by atoms with Gasteiger partial charge in [0.1, 0.15) is 11.6 Å². The summed E-state index contributed by atoms with van der Waals surface area (Å²) in [6.07, 6.45) is 0.216. The van der Waals surface area contributed by atoms with Crippen molar-refractivity contribution >= 4 is 21.9 Å². The van der Waals surface area contributed by atoms with Gasteiger partial charge in [0.05, 0.1) is 4.47 Å². The quantitative estimate of drug-likeness (QED) is 0.863. The zero-order valence-corrected chi connectivity index (χ0v) is 10.3. The lowest BCUT2D eigenvalue weighted by molar-refractivity contribution is -0.137. The molecule has 0 bridgehead atoms. The van der Waals surface area contributed by atoms with Gasteiger partial charge in [-0.1, -0.05) is 0 Å². The maximum atomic E-state index is 13.6. The highest BCUT2D eigenvalue weighted by atomic mass is 79.9. The van der Waals surface area contributed by atoms with Crippen LogP contribution in [-0.2, 0) is 11.2 Å². The molecule has 0 aliphatic rings. The van der Waals surface area contributed by atoms with E-state index in [0.717, 1.165) is 0 Å². The molecule has 0 aliphatic carbocycles. The summed E-state index contributed by atoms with van der Waals surface area (Å²) >= 11 is 2.99. The lowest BCUT2D eigenvalue weighted by atomic mass is 10.0. The van der Waals surface area contributed by atoms with Crippen LogP contribution in [0, 0.1) is 18.6 Å². The highest BCUT2D eigenvalue weighted by Gasteiger charge is 2.15. The number of rotatable bonds is 4. The summed E-state index contributed by atoms with van der Waals surface area (Å²) < 4.78 is 27.3. The lowest BCUT2D eigenvalue weighted by Gasteiger charge is -2.08. The third-order valence-corrected chi connectivity index (χ3v) is 2.82. The molecular weight excluding hydrogens is 282 g/mol. The van der Waals surface area contributed by atoms with Crippen LogP contribution in [0.25, 0.3) is 0 Å². The summed E-state index contributed by atoms with van der Waals surface area (Å²) in [5, 5.41) is 8.44. The van der Waals surface area contributed by atoms with Gasteiger partial charge in [-0.2, -0.15) is 0 Å². The Bertz CT molecular complexity index is 393. The molecule has 0 atom stereocenters. The van der Waals surface area contributed by atoms with Gasteiger partial charge in [-0.3, -0.25) is 4.79 Å². The van der Waals surface area contributed by atoms with Crippen LogP contribution < -0.4 is 0 Å². The van der Waals surface area contributed by atoms with E-state index in [1.807, 2.05) is 0 Å². The van der Waals surface area contributed by atoms with E-state index in [1.54, 1.807) is 6.92 Å². The number of hydrogen-bond donors (Lipinski definition) is 1. The molecule has 1 N–H and O–H groups in total. The van der Waals surface area contributed by atoms with E-state index in [2.05, 4.69) is 15.9 Å². The van der Waals surface area contributed by atoms with Crippen LogP contribution in [0.15, 0.2) is 10.5 Å². The van der Waals surface area contributed by atoms with Gasteiger partial charge >= 0.3 is 5.97 Å². The maximum Gasteiger partial charge on any atom is 0.303 e. The third kappa shape index (κ3) is 3.01. The van der Waals surface area contributed by atoms with Crippen molar-refractivity contribution < 1.29 is 18.7 Å². The highest BCUT2D eigenvalue weighted by Crippen LogP contribution is 2.25. The summed E-state index contributed by atoms with van der Waals surface area (Å²) in [6.45, 7) is 1.54. The Morgan fingerprint density at radius 2 is 2.06 bits per heavy atom. The van der Waals surface area contributed by atoms with Gasteiger partial charge in [0.25, 0.3) is 0 Å². The van der Waals surface area contributed by atoms with Crippen molar-refractivity contribution in [2.24, 2.45) is 0 Å². The number of aliphatic carboxylic acids is 1. The molecule has 0 radical (unpaired) electrons. The van der Waals surface area contributed by atoms with Crippen molar-refractivity contribution in [3.63, 3.8) is 0 Å². The van der Waals surface area contributed by atoms with Crippen LogP contribution in [0.4, 0.5) is 8.78 Å². The van der Waals surface area contributed by atoms with E-state index in [1.165, 1.54) is 6.07 Å². The Hall–Kier alpha value is -0.970. The molecule has 0 heterocycles. The number of hydrogen-bond acceptors (Lipinski definition) is 1. The lowest BCUT2D eigenvalue weighted by Crippen LogP contribution is -2.02. The molecule has 0 amide bonds. The van der Waals surface area contributed by atoms with Gasteiger partial charge in [0.2, 0.25) is 0 Å².